The minimum absolute atomic E-state index is 0.202. The van der Waals surface area contributed by atoms with Gasteiger partial charge in [-0.3, -0.25) is 0 Å². The summed E-state index contributed by atoms with van der Waals surface area (Å²) in [5.74, 6) is 0.983. The third-order valence-corrected chi connectivity index (χ3v) is 3.15. The summed E-state index contributed by atoms with van der Waals surface area (Å²) in [5, 5.41) is 8.85. The van der Waals surface area contributed by atoms with E-state index in [0.29, 0.717) is 18.6 Å². The van der Waals surface area contributed by atoms with E-state index >= 15 is 0 Å². The minimum atomic E-state index is 0.202. The molecule has 0 heterocycles. The number of carbonyl (C=O) groups excluding carboxylic acids is 1. The Morgan fingerprint density at radius 1 is 1.14 bits per heavy atom. The lowest BCUT2D eigenvalue weighted by Gasteiger charge is -2.07. The first kappa shape index (κ1) is 14.8. The monoisotopic (exact) mass is 279 g/mol. The van der Waals surface area contributed by atoms with Crippen molar-refractivity contribution in [3.05, 3.63) is 65.2 Å². The van der Waals surface area contributed by atoms with Crippen LogP contribution < -0.4 is 4.74 Å². The molecule has 0 fully saturated rings. The van der Waals surface area contributed by atoms with Crippen molar-refractivity contribution in [2.75, 3.05) is 0 Å². The number of benzene rings is 2. The number of hydrogen-bond donors (Lipinski definition) is 0. The number of ketones is 1. The summed E-state index contributed by atoms with van der Waals surface area (Å²) in [6.45, 7) is 2.04. The van der Waals surface area contributed by atoms with Gasteiger partial charge >= 0.3 is 0 Å². The molecule has 0 bridgehead atoms. The van der Waals surface area contributed by atoms with Crippen LogP contribution in [0.15, 0.2) is 48.5 Å². The van der Waals surface area contributed by atoms with E-state index in [4.69, 9.17) is 10.00 Å². The molecule has 0 spiro atoms. The van der Waals surface area contributed by atoms with Gasteiger partial charge in [0.25, 0.3) is 0 Å². The number of Topliss-reactive ketones (excluding diaryl/α,β-unsaturated/α-hetero) is 1. The van der Waals surface area contributed by atoms with Gasteiger partial charge in [0.05, 0.1) is 11.6 Å². The van der Waals surface area contributed by atoms with Gasteiger partial charge in [-0.05, 0) is 48.7 Å². The molecular weight excluding hydrogens is 262 g/mol. The van der Waals surface area contributed by atoms with Crippen molar-refractivity contribution in [3.63, 3.8) is 0 Å². The van der Waals surface area contributed by atoms with Gasteiger partial charge in [-0.15, -0.1) is 0 Å². The maximum Gasteiger partial charge on any atom is 0.130 e. The van der Waals surface area contributed by atoms with Crippen molar-refractivity contribution < 1.29 is 9.53 Å². The predicted octanol–water partition coefficient (Wildman–Crippen LogP) is 3.66. The molecular formula is C18H17NO2. The molecule has 0 atom stereocenters. The number of aryl methyl sites for hydroxylation is 1. The number of rotatable bonds is 6. The fraction of sp³-hybridized carbons (Fsp3) is 0.222. The zero-order chi connectivity index (χ0) is 15.1. The van der Waals surface area contributed by atoms with Gasteiger partial charge in [0, 0.05) is 6.42 Å². The first-order chi connectivity index (χ1) is 10.2. The first-order valence-corrected chi connectivity index (χ1v) is 6.87. The molecule has 21 heavy (non-hydrogen) atoms. The predicted molar refractivity (Wildman–Crippen MR) is 80.9 cm³/mol. The molecule has 2 rings (SSSR count). The molecule has 2 aromatic rings. The Morgan fingerprint density at radius 3 is 2.57 bits per heavy atom. The van der Waals surface area contributed by atoms with E-state index in [2.05, 4.69) is 6.07 Å². The van der Waals surface area contributed by atoms with Crippen LogP contribution in [0.2, 0.25) is 0 Å². The molecule has 0 N–H and O–H groups in total. The van der Waals surface area contributed by atoms with E-state index in [1.165, 1.54) is 0 Å². The molecule has 2 aromatic carbocycles. The van der Waals surface area contributed by atoms with Gasteiger partial charge < -0.3 is 9.53 Å². The van der Waals surface area contributed by atoms with Gasteiger partial charge in [0.2, 0.25) is 0 Å². The number of nitriles is 1. The summed E-state index contributed by atoms with van der Waals surface area (Å²) < 4.78 is 5.70. The molecule has 0 aliphatic rings. The normalized spacial score (nSPS) is 9.90. The Morgan fingerprint density at radius 2 is 1.90 bits per heavy atom. The van der Waals surface area contributed by atoms with E-state index in [0.717, 1.165) is 23.3 Å². The Bertz CT molecular complexity index is 654. The van der Waals surface area contributed by atoms with Crippen molar-refractivity contribution >= 4 is 5.78 Å². The van der Waals surface area contributed by atoms with Crippen LogP contribution in [0.1, 0.15) is 30.0 Å². The summed E-state index contributed by atoms with van der Waals surface area (Å²) in [6.07, 6.45) is 1.33. The smallest absolute Gasteiger partial charge is 0.130 e. The van der Waals surface area contributed by atoms with Gasteiger partial charge in [0.15, 0.2) is 0 Å². The van der Waals surface area contributed by atoms with Gasteiger partial charge in [0.1, 0.15) is 18.1 Å². The Balaban J connectivity index is 1.91. The molecule has 0 aliphatic carbocycles. The third kappa shape index (κ3) is 4.77. The maximum absolute atomic E-state index is 10.9. The van der Waals surface area contributed by atoms with Gasteiger partial charge in [-0.2, -0.15) is 5.26 Å². The Hall–Kier alpha value is -2.60. The highest BCUT2D eigenvalue weighted by Gasteiger charge is 2.00. The van der Waals surface area contributed by atoms with Crippen LogP contribution in [0, 0.1) is 11.3 Å². The second-order valence-corrected chi connectivity index (χ2v) is 4.95. The fourth-order valence-corrected chi connectivity index (χ4v) is 1.97. The summed E-state index contributed by atoms with van der Waals surface area (Å²) in [4.78, 5) is 10.9. The van der Waals surface area contributed by atoms with E-state index in [1.807, 2.05) is 42.5 Å². The standard InChI is InChI=1S/C18H17NO2/c1-14(20)5-6-15-7-9-18(10-8-15)21-13-17-4-2-3-16(11-17)12-19/h2-4,7-11H,5-6,13H2,1H3. The summed E-state index contributed by atoms with van der Waals surface area (Å²) in [6, 6.07) is 17.3. The molecule has 3 nitrogen and oxygen atoms in total. The highest BCUT2D eigenvalue weighted by molar-refractivity contribution is 5.75. The SMILES string of the molecule is CC(=O)CCc1ccc(OCc2cccc(C#N)c2)cc1. The topological polar surface area (TPSA) is 50.1 Å². The maximum atomic E-state index is 10.9. The Kier molecular flexibility index (Phi) is 5.11. The lowest BCUT2D eigenvalue weighted by Crippen LogP contribution is -1.97. The molecule has 0 saturated carbocycles. The molecule has 0 unspecified atom stereocenters. The lowest BCUT2D eigenvalue weighted by molar-refractivity contribution is -0.116. The summed E-state index contributed by atoms with van der Waals surface area (Å²) in [7, 11) is 0. The van der Waals surface area contributed by atoms with Crippen LogP contribution in [0.4, 0.5) is 0 Å². The highest BCUT2D eigenvalue weighted by atomic mass is 16.5. The molecule has 0 radical (unpaired) electrons. The quantitative estimate of drug-likeness (QED) is 0.810. The van der Waals surface area contributed by atoms with Crippen LogP contribution in [0.3, 0.4) is 0 Å². The third-order valence-electron chi connectivity index (χ3n) is 3.15. The van der Waals surface area contributed by atoms with E-state index < -0.39 is 0 Å². The number of hydrogen-bond acceptors (Lipinski definition) is 3. The van der Waals surface area contributed by atoms with Crippen LogP contribution in [-0.4, -0.2) is 5.78 Å². The number of ether oxygens (including phenoxy) is 1. The van der Waals surface area contributed by atoms with Crippen LogP contribution >= 0.6 is 0 Å². The number of nitrogens with zero attached hydrogens (tertiary/aromatic N) is 1. The fourth-order valence-electron chi connectivity index (χ4n) is 1.97. The zero-order valence-electron chi connectivity index (χ0n) is 12.0. The van der Waals surface area contributed by atoms with E-state index in [1.54, 1.807) is 13.0 Å². The molecule has 0 amide bonds. The second-order valence-electron chi connectivity index (χ2n) is 4.95. The second kappa shape index (κ2) is 7.25. The Labute approximate surface area is 124 Å². The summed E-state index contributed by atoms with van der Waals surface area (Å²) in [5.41, 5.74) is 2.73. The first-order valence-electron chi connectivity index (χ1n) is 6.87. The van der Waals surface area contributed by atoms with Crippen LogP contribution in [-0.2, 0) is 17.8 Å². The van der Waals surface area contributed by atoms with E-state index in [-0.39, 0.29) is 5.78 Å². The molecule has 0 aromatic heterocycles. The van der Waals surface area contributed by atoms with E-state index in [9.17, 15) is 4.79 Å². The van der Waals surface area contributed by atoms with Crippen molar-refractivity contribution in [2.24, 2.45) is 0 Å². The van der Waals surface area contributed by atoms with Crippen molar-refractivity contribution in [3.8, 4) is 11.8 Å². The molecule has 3 heteroatoms. The van der Waals surface area contributed by atoms with Crippen molar-refractivity contribution in [1.29, 1.82) is 5.26 Å². The van der Waals surface area contributed by atoms with Gasteiger partial charge in [-0.1, -0.05) is 24.3 Å². The highest BCUT2D eigenvalue weighted by Crippen LogP contribution is 2.15. The van der Waals surface area contributed by atoms with Crippen molar-refractivity contribution in [2.45, 2.75) is 26.4 Å². The zero-order valence-corrected chi connectivity index (χ0v) is 12.0. The van der Waals surface area contributed by atoms with Crippen molar-refractivity contribution in [1.82, 2.24) is 0 Å². The average molecular weight is 279 g/mol. The molecule has 0 aliphatic heterocycles. The average Bonchev–Trinajstić information content (AvgIpc) is 2.52. The molecule has 106 valence electrons. The molecule has 0 saturated heterocycles. The largest absolute Gasteiger partial charge is 0.489 e. The minimum Gasteiger partial charge on any atom is -0.489 e. The van der Waals surface area contributed by atoms with Crippen LogP contribution in [0.25, 0.3) is 0 Å². The summed E-state index contributed by atoms with van der Waals surface area (Å²) >= 11 is 0. The van der Waals surface area contributed by atoms with Crippen LogP contribution in [0.5, 0.6) is 5.75 Å². The van der Waals surface area contributed by atoms with Gasteiger partial charge in [-0.25, -0.2) is 0 Å². The lowest BCUT2D eigenvalue weighted by atomic mass is 10.1. The number of carbonyl (C=O) groups is 1.